The van der Waals surface area contributed by atoms with E-state index in [4.69, 9.17) is 5.73 Å². The first kappa shape index (κ1) is 21.7. The Labute approximate surface area is 171 Å². The molecule has 0 radical (unpaired) electrons. The van der Waals surface area contributed by atoms with Gasteiger partial charge in [-0.2, -0.15) is 28.1 Å². The Morgan fingerprint density at radius 3 is 2.43 bits per heavy atom. The third-order valence-electron chi connectivity index (χ3n) is 4.95. The lowest BCUT2D eigenvalue weighted by molar-refractivity contribution is -0.141. The van der Waals surface area contributed by atoms with Gasteiger partial charge in [0, 0.05) is 12.6 Å². The number of pyridine rings is 1. The molecule has 4 N–H and O–H groups in total. The van der Waals surface area contributed by atoms with Crippen molar-refractivity contribution in [3.05, 3.63) is 23.9 Å². The molecular weight excluding hydrogens is 399 g/mol. The van der Waals surface area contributed by atoms with Crippen molar-refractivity contribution in [2.75, 3.05) is 17.2 Å². The molecule has 0 spiro atoms. The maximum atomic E-state index is 13.1. The smallest absolute Gasteiger partial charge is 0.369 e. The number of nitrogens with one attached hydrogen (secondary N) is 2. The average molecular weight is 423 g/mol. The third-order valence-corrected chi connectivity index (χ3v) is 4.95. The van der Waals surface area contributed by atoms with Gasteiger partial charge in [0.2, 0.25) is 17.8 Å². The van der Waals surface area contributed by atoms with Gasteiger partial charge in [-0.15, -0.1) is 0 Å². The molecule has 0 aliphatic heterocycles. The van der Waals surface area contributed by atoms with E-state index in [0.717, 1.165) is 18.9 Å². The van der Waals surface area contributed by atoms with E-state index in [9.17, 15) is 18.0 Å². The molecule has 11 heteroatoms. The maximum Gasteiger partial charge on any atom is 0.433 e. The summed E-state index contributed by atoms with van der Waals surface area (Å²) in [7, 11) is 0. The number of nitrogens with zero attached hydrogens (tertiary/aromatic N) is 4. The SMILES string of the molecule is CC(Nc1nc(NCC(C)(C)C(N)=O)nc(-c2cccc(C(F)(F)F)n2)n1)C1CC1. The number of carbonyl (C=O) groups is 1. The van der Waals surface area contributed by atoms with Gasteiger partial charge in [0.1, 0.15) is 11.4 Å². The van der Waals surface area contributed by atoms with Crippen molar-refractivity contribution in [1.29, 1.82) is 0 Å². The first-order chi connectivity index (χ1) is 14.0. The van der Waals surface area contributed by atoms with E-state index in [1.807, 2.05) is 6.92 Å². The van der Waals surface area contributed by atoms with Crippen molar-refractivity contribution in [1.82, 2.24) is 19.9 Å². The summed E-state index contributed by atoms with van der Waals surface area (Å²) in [6, 6.07) is 3.63. The highest BCUT2D eigenvalue weighted by molar-refractivity contribution is 5.80. The number of alkyl halides is 3. The van der Waals surface area contributed by atoms with Gasteiger partial charge in [-0.25, -0.2) is 4.98 Å². The Morgan fingerprint density at radius 2 is 1.83 bits per heavy atom. The molecule has 1 unspecified atom stereocenters. The molecule has 1 saturated carbocycles. The van der Waals surface area contributed by atoms with Crippen molar-refractivity contribution in [2.24, 2.45) is 17.1 Å². The van der Waals surface area contributed by atoms with Crippen molar-refractivity contribution in [3.8, 4) is 11.5 Å². The van der Waals surface area contributed by atoms with E-state index >= 15 is 0 Å². The van der Waals surface area contributed by atoms with Crippen molar-refractivity contribution in [2.45, 2.75) is 45.8 Å². The highest BCUT2D eigenvalue weighted by Gasteiger charge is 2.33. The van der Waals surface area contributed by atoms with Crippen LogP contribution in [0.5, 0.6) is 0 Å². The molecule has 1 amide bonds. The zero-order chi connectivity index (χ0) is 22.1. The number of carbonyl (C=O) groups excluding carboxylic acids is 1. The van der Waals surface area contributed by atoms with Crippen LogP contribution < -0.4 is 16.4 Å². The van der Waals surface area contributed by atoms with Gasteiger partial charge >= 0.3 is 6.18 Å². The maximum absolute atomic E-state index is 13.1. The molecule has 1 aliphatic carbocycles. The third kappa shape index (κ3) is 5.33. The van der Waals surface area contributed by atoms with E-state index in [1.54, 1.807) is 13.8 Å². The molecule has 8 nitrogen and oxygen atoms in total. The highest BCUT2D eigenvalue weighted by Crippen LogP contribution is 2.34. The molecule has 1 atom stereocenters. The Kier molecular flexibility index (Phi) is 5.82. The van der Waals surface area contributed by atoms with Crippen molar-refractivity contribution in [3.63, 3.8) is 0 Å². The lowest BCUT2D eigenvalue weighted by Crippen LogP contribution is -2.37. The topological polar surface area (TPSA) is 119 Å². The normalized spacial score (nSPS) is 15.5. The molecule has 162 valence electrons. The fourth-order valence-corrected chi connectivity index (χ4v) is 2.66. The zero-order valence-corrected chi connectivity index (χ0v) is 16.9. The molecule has 0 saturated heterocycles. The summed E-state index contributed by atoms with van der Waals surface area (Å²) in [6.45, 7) is 5.45. The summed E-state index contributed by atoms with van der Waals surface area (Å²) in [5.74, 6) is 0.310. The van der Waals surface area contributed by atoms with Gasteiger partial charge in [0.15, 0.2) is 5.82 Å². The minimum atomic E-state index is -4.59. The lowest BCUT2D eigenvalue weighted by Gasteiger charge is -2.21. The number of nitrogens with two attached hydrogens (primary N) is 1. The van der Waals surface area contributed by atoms with Crippen LogP contribution in [0.2, 0.25) is 0 Å². The van der Waals surface area contributed by atoms with E-state index in [1.165, 1.54) is 12.1 Å². The summed E-state index contributed by atoms with van der Waals surface area (Å²) < 4.78 is 39.2. The number of anilines is 2. The Bertz CT molecular complexity index is 929. The molecule has 1 aliphatic rings. The second kappa shape index (κ2) is 8.04. The average Bonchev–Trinajstić information content (AvgIpc) is 3.51. The fourth-order valence-electron chi connectivity index (χ4n) is 2.66. The van der Waals surface area contributed by atoms with Crippen LogP contribution in [0, 0.1) is 11.3 Å². The molecule has 0 aromatic carbocycles. The minimum absolute atomic E-state index is 0.0130. The van der Waals surface area contributed by atoms with Crippen LogP contribution in [-0.4, -0.2) is 38.4 Å². The zero-order valence-electron chi connectivity index (χ0n) is 16.9. The monoisotopic (exact) mass is 423 g/mol. The molecule has 0 bridgehead atoms. The Hall–Kier alpha value is -2.98. The van der Waals surface area contributed by atoms with Crippen LogP contribution in [0.25, 0.3) is 11.5 Å². The van der Waals surface area contributed by atoms with E-state index in [0.29, 0.717) is 5.92 Å². The number of hydrogen-bond acceptors (Lipinski definition) is 7. The predicted octanol–water partition coefficient (Wildman–Crippen LogP) is 3.09. The molecule has 2 heterocycles. The van der Waals surface area contributed by atoms with Crippen molar-refractivity contribution >= 4 is 17.8 Å². The van der Waals surface area contributed by atoms with Crippen molar-refractivity contribution < 1.29 is 18.0 Å². The molecule has 30 heavy (non-hydrogen) atoms. The summed E-state index contributed by atoms with van der Waals surface area (Å²) in [5.41, 5.74) is 3.44. The number of primary amides is 1. The van der Waals surface area contributed by atoms with E-state index in [-0.39, 0.29) is 36.0 Å². The Morgan fingerprint density at radius 1 is 1.17 bits per heavy atom. The number of aromatic nitrogens is 4. The van der Waals surface area contributed by atoms with Gasteiger partial charge < -0.3 is 16.4 Å². The summed E-state index contributed by atoms with van der Waals surface area (Å²) in [6.07, 6.45) is -2.39. The molecule has 2 aromatic rings. The van der Waals surface area contributed by atoms with Crippen LogP contribution in [0.4, 0.5) is 25.1 Å². The molecule has 3 rings (SSSR count). The first-order valence-corrected chi connectivity index (χ1v) is 9.57. The summed E-state index contributed by atoms with van der Waals surface area (Å²) >= 11 is 0. The molecular formula is C19H24F3N7O. The highest BCUT2D eigenvalue weighted by atomic mass is 19.4. The van der Waals surface area contributed by atoms with E-state index in [2.05, 4.69) is 30.6 Å². The van der Waals surface area contributed by atoms with E-state index < -0.39 is 23.2 Å². The first-order valence-electron chi connectivity index (χ1n) is 9.57. The van der Waals surface area contributed by atoms with Gasteiger partial charge in [-0.1, -0.05) is 6.07 Å². The predicted molar refractivity (Wildman–Crippen MR) is 105 cm³/mol. The lowest BCUT2D eigenvalue weighted by atomic mass is 9.93. The van der Waals surface area contributed by atoms with Gasteiger partial charge in [0.05, 0.1) is 5.41 Å². The van der Waals surface area contributed by atoms with Crippen LogP contribution in [0.15, 0.2) is 18.2 Å². The van der Waals surface area contributed by atoms with Crippen LogP contribution >= 0.6 is 0 Å². The minimum Gasteiger partial charge on any atom is -0.369 e. The van der Waals surface area contributed by atoms with Gasteiger partial charge in [0.25, 0.3) is 0 Å². The summed E-state index contributed by atoms with van der Waals surface area (Å²) in [4.78, 5) is 28.0. The number of amides is 1. The second-order valence-electron chi connectivity index (χ2n) is 8.08. The van der Waals surface area contributed by atoms with Gasteiger partial charge in [-0.05, 0) is 51.7 Å². The quantitative estimate of drug-likeness (QED) is 0.597. The number of halogens is 3. The largest absolute Gasteiger partial charge is 0.433 e. The molecule has 2 aromatic heterocycles. The summed E-state index contributed by atoms with van der Waals surface area (Å²) in [5, 5.41) is 6.10. The van der Waals surface area contributed by atoms with Gasteiger partial charge in [-0.3, -0.25) is 4.79 Å². The fraction of sp³-hybridized carbons (Fsp3) is 0.526. The Balaban J connectivity index is 1.94. The standard InChI is InChI=1S/C19H24F3N7O/c1-10(11-7-8-11)25-17-28-14(12-5-4-6-13(26-12)19(20,21)22)27-16(29-17)24-9-18(2,3)15(23)30/h4-6,10-11H,7-9H2,1-3H3,(H2,23,30)(H2,24,25,27,28,29). The molecule has 1 fully saturated rings. The number of rotatable bonds is 8. The van der Waals surface area contributed by atoms with Crippen LogP contribution in [-0.2, 0) is 11.0 Å². The van der Waals surface area contributed by atoms with Crippen LogP contribution in [0.3, 0.4) is 0 Å². The second-order valence-corrected chi connectivity index (χ2v) is 8.08. The number of hydrogen-bond donors (Lipinski definition) is 3. The van der Waals surface area contributed by atoms with Crippen LogP contribution in [0.1, 0.15) is 39.3 Å².